The highest BCUT2D eigenvalue weighted by Crippen LogP contribution is 2.40. The molecule has 3 rings (SSSR count). The quantitative estimate of drug-likeness (QED) is 0.480. The Hall–Kier alpha value is -2.86. The Bertz CT molecular complexity index is 973. The summed E-state index contributed by atoms with van der Waals surface area (Å²) >= 11 is 0. The van der Waals surface area contributed by atoms with Gasteiger partial charge in [-0.25, -0.2) is 4.39 Å². The molecule has 0 N–H and O–H groups in total. The highest BCUT2D eigenvalue weighted by atomic mass is 19.1. The zero-order valence-electron chi connectivity index (χ0n) is 16.6. The Morgan fingerprint density at radius 2 is 1.85 bits per heavy atom. The molecule has 3 heteroatoms. The van der Waals surface area contributed by atoms with Gasteiger partial charge in [-0.3, -0.25) is 0 Å². The van der Waals surface area contributed by atoms with Gasteiger partial charge in [-0.05, 0) is 87.2 Å². The van der Waals surface area contributed by atoms with Crippen molar-refractivity contribution in [3.05, 3.63) is 70.5 Å². The van der Waals surface area contributed by atoms with Gasteiger partial charge >= 0.3 is 0 Å². The first-order valence-corrected chi connectivity index (χ1v) is 9.26. The van der Waals surface area contributed by atoms with E-state index in [1.807, 2.05) is 6.08 Å². The molecule has 0 spiro atoms. The maximum atomic E-state index is 13.2. The molecule has 0 radical (unpaired) electrons. The van der Waals surface area contributed by atoms with Gasteiger partial charge in [0.25, 0.3) is 0 Å². The molecule has 0 aromatic heterocycles. The van der Waals surface area contributed by atoms with Crippen LogP contribution in [-0.4, -0.2) is 12.1 Å². The molecule has 2 nitrogen and oxygen atoms in total. The molecule has 1 aliphatic heterocycles. The highest BCUT2D eigenvalue weighted by molar-refractivity contribution is 5.92. The van der Waals surface area contributed by atoms with Crippen LogP contribution in [0.3, 0.4) is 0 Å². The molecule has 0 saturated heterocycles. The van der Waals surface area contributed by atoms with Gasteiger partial charge in [0.2, 0.25) is 0 Å². The van der Waals surface area contributed by atoms with Gasteiger partial charge in [-0.15, -0.1) is 0 Å². The minimum atomic E-state index is -0.302. The minimum Gasteiger partial charge on any atom is -0.363 e. The number of hydrogen-bond donors (Lipinski definition) is 0. The molecule has 2 aromatic carbocycles. The Balaban J connectivity index is 2.13. The summed E-state index contributed by atoms with van der Waals surface area (Å²) in [5.74, 6) is -0.302. The molecule has 0 atom stereocenters. The molecule has 2 aromatic rings. The van der Waals surface area contributed by atoms with Crippen LogP contribution in [0.15, 0.2) is 42.5 Å². The fourth-order valence-corrected chi connectivity index (χ4v) is 3.94. The molecule has 0 unspecified atom stereocenters. The van der Waals surface area contributed by atoms with Gasteiger partial charge in [0.05, 0.1) is 17.2 Å². The number of nitrogens with zero attached hydrogens (tertiary/aromatic N) is 2. The van der Waals surface area contributed by atoms with Crippen LogP contribution in [0.4, 0.5) is 10.1 Å². The molecule has 138 valence electrons. The zero-order valence-corrected chi connectivity index (χ0v) is 16.6. The fourth-order valence-electron chi connectivity index (χ4n) is 3.94. The van der Waals surface area contributed by atoms with Crippen LogP contribution in [0.5, 0.6) is 0 Å². The molecule has 0 aliphatic carbocycles. The largest absolute Gasteiger partial charge is 0.363 e. The lowest BCUT2D eigenvalue weighted by atomic mass is 9.86. The normalized spacial score (nSPS) is 15.8. The highest BCUT2D eigenvalue weighted by Gasteiger charge is 2.30. The lowest BCUT2D eigenvalue weighted by molar-refractivity contribution is 0.566. The van der Waals surface area contributed by atoms with Crippen molar-refractivity contribution < 1.29 is 4.39 Å². The van der Waals surface area contributed by atoms with E-state index in [9.17, 15) is 9.65 Å². The topological polar surface area (TPSA) is 27.0 Å². The van der Waals surface area contributed by atoms with Crippen molar-refractivity contribution in [2.24, 2.45) is 0 Å². The number of fused-ring (bicyclic) bond motifs is 1. The van der Waals surface area contributed by atoms with Crippen molar-refractivity contribution in [1.29, 1.82) is 5.26 Å². The van der Waals surface area contributed by atoms with Gasteiger partial charge in [-0.2, -0.15) is 5.26 Å². The minimum absolute atomic E-state index is 0.0262. The summed E-state index contributed by atoms with van der Waals surface area (Å²) in [4.78, 5) is 2.40. The summed E-state index contributed by atoms with van der Waals surface area (Å²) in [5.41, 5.74) is 7.03. The third kappa shape index (κ3) is 3.53. The van der Waals surface area contributed by atoms with Crippen LogP contribution in [0.1, 0.15) is 49.9 Å². The molecular weight excluding hydrogens is 335 g/mol. The van der Waals surface area contributed by atoms with Crippen LogP contribution in [-0.2, 0) is 0 Å². The molecule has 0 bridgehead atoms. The maximum Gasteiger partial charge on any atom is 0.123 e. The van der Waals surface area contributed by atoms with E-state index in [-0.39, 0.29) is 11.4 Å². The number of halogens is 1. The second-order valence-electron chi connectivity index (χ2n) is 7.63. The molecule has 27 heavy (non-hydrogen) atoms. The monoisotopic (exact) mass is 360 g/mol. The zero-order chi connectivity index (χ0) is 19.8. The van der Waals surface area contributed by atoms with Crippen LogP contribution in [0, 0.1) is 24.1 Å². The number of aryl methyl sites for hydroxylation is 1. The number of hydrogen-bond acceptors (Lipinski definition) is 2. The summed E-state index contributed by atoms with van der Waals surface area (Å²) in [7, 11) is 0. The standard InChI is InChI=1S/C24H25FN2/c1-6-27-23-11-16(2)19(13-22(23)17(3)14-24(27,4)5)12-20(15-26)18-7-9-21(25)10-8-18/h7-14H,6H2,1-5H3/b20-12+. The van der Waals surface area contributed by atoms with Gasteiger partial charge < -0.3 is 4.90 Å². The van der Waals surface area contributed by atoms with Gasteiger partial charge in [0.1, 0.15) is 5.82 Å². The van der Waals surface area contributed by atoms with Crippen molar-refractivity contribution in [3.63, 3.8) is 0 Å². The van der Waals surface area contributed by atoms with Gasteiger partial charge in [0, 0.05) is 17.8 Å². The van der Waals surface area contributed by atoms with Gasteiger partial charge in [0.15, 0.2) is 0 Å². The summed E-state index contributed by atoms with van der Waals surface area (Å²) in [6.45, 7) is 11.8. The van der Waals surface area contributed by atoms with Crippen molar-refractivity contribution in [3.8, 4) is 6.07 Å². The fraction of sp³-hybridized carbons (Fsp3) is 0.292. The number of likely N-dealkylation sites (N-methyl/N-ethyl adjacent to an activating group) is 1. The smallest absolute Gasteiger partial charge is 0.123 e. The molecule has 0 saturated carbocycles. The van der Waals surface area contributed by atoms with E-state index < -0.39 is 0 Å². The number of rotatable bonds is 3. The van der Waals surface area contributed by atoms with E-state index in [4.69, 9.17) is 0 Å². The van der Waals surface area contributed by atoms with E-state index in [0.29, 0.717) is 5.57 Å². The van der Waals surface area contributed by atoms with E-state index >= 15 is 0 Å². The first-order chi connectivity index (χ1) is 12.8. The SMILES string of the molecule is CCN1c2cc(C)c(/C=C(\C#N)c3ccc(F)cc3)cc2C(C)=CC1(C)C. The molecule has 0 fully saturated rings. The maximum absolute atomic E-state index is 13.2. The molecule has 0 amide bonds. The van der Waals surface area contributed by atoms with E-state index in [1.54, 1.807) is 12.1 Å². The van der Waals surface area contributed by atoms with Crippen molar-refractivity contribution >= 4 is 22.9 Å². The molecule has 1 aliphatic rings. The predicted molar refractivity (Wildman–Crippen MR) is 112 cm³/mol. The average molecular weight is 360 g/mol. The van der Waals surface area contributed by atoms with Crippen molar-refractivity contribution in [2.75, 3.05) is 11.4 Å². The second-order valence-corrected chi connectivity index (χ2v) is 7.63. The summed E-state index contributed by atoms with van der Waals surface area (Å²) in [6.07, 6.45) is 4.19. The predicted octanol–water partition coefficient (Wildman–Crippen LogP) is 6.22. The first kappa shape index (κ1) is 18.9. The van der Waals surface area contributed by atoms with Crippen molar-refractivity contribution in [1.82, 2.24) is 0 Å². The third-order valence-electron chi connectivity index (χ3n) is 5.26. The lowest BCUT2D eigenvalue weighted by Gasteiger charge is -2.43. The number of nitriles is 1. The van der Waals surface area contributed by atoms with E-state index in [1.165, 1.54) is 29.0 Å². The Morgan fingerprint density at radius 3 is 2.44 bits per heavy atom. The second kappa shape index (κ2) is 7.04. The number of benzene rings is 2. The Labute approximate surface area is 161 Å². The Morgan fingerprint density at radius 1 is 1.19 bits per heavy atom. The average Bonchev–Trinajstić information content (AvgIpc) is 2.61. The molecule has 1 heterocycles. The van der Waals surface area contributed by atoms with Crippen LogP contribution in [0.2, 0.25) is 0 Å². The van der Waals surface area contributed by atoms with Crippen LogP contribution in [0.25, 0.3) is 17.2 Å². The first-order valence-electron chi connectivity index (χ1n) is 9.26. The van der Waals surface area contributed by atoms with Crippen LogP contribution >= 0.6 is 0 Å². The van der Waals surface area contributed by atoms with Crippen LogP contribution < -0.4 is 4.90 Å². The number of allylic oxidation sites excluding steroid dienone is 2. The van der Waals surface area contributed by atoms with E-state index in [0.717, 1.165) is 23.2 Å². The summed E-state index contributed by atoms with van der Waals surface area (Å²) in [5, 5.41) is 9.61. The third-order valence-corrected chi connectivity index (χ3v) is 5.26. The molecular formula is C24H25FN2. The lowest BCUT2D eigenvalue weighted by Crippen LogP contribution is -2.44. The Kier molecular flexibility index (Phi) is 4.93. The van der Waals surface area contributed by atoms with E-state index in [2.05, 4.69) is 63.8 Å². The van der Waals surface area contributed by atoms with Crippen molar-refractivity contribution in [2.45, 2.75) is 40.2 Å². The van der Waals surface area contributed by atoms with Gasteiger partial charge in [-0.1, -0.05) is 18.2 Å². The summed E-state index contributed by atoms with van der Waals surface area (Å²) < 4.78 is 13.2. The number of anilines is 1. The summed E-state index contributed by atoms with van der Waals surface area (Å²) in [6, 6.07) is 12.7.